The molecule has 2 aliphatic heterocycles. The Bertz CT molecular complexity index is 1540. The number of aromatic nitrogens is 1. The van der Waals surface area contributed by atoms with E-state index >= 15 is 0 Å². The third kappa shape index (κ3) is 14.0. The van der Waals surface area contributed by atoms with Gasteiger partial charge in [0.25, 0.3) is 5.91 Å². The fourth-order valence-corrected chi connectivity index (χ4v) is 6.42. The molecule has 0 bridgehead atoms. The van der Waals surface area contributed by atoms with Crippen LogP contribution in [-0.4, -0.2) is 210 Å². The van der Waals surface area contributed by atoms with Crippen LogP contribution in [0.4, 0.5) is 0 Å². The van der Waals surface area contributed by atoms with Crippen molar-refractivity contribution in [1.82, 2.24) is 39.7 Å². The number of carboxylic acids is 3. The number of carboxylic acid groups (broad SMARTS) is 3. The Kier molecular flexibility index (Phi) is 16.3. The van der Waals surface area contributed by atoms with E-state index in [0.29, 0.717) is 114 Å². The van der Waals surface area contributed by atoms with Crippen molar-refractivity contribution < 1.29 is 48.8 Å². The maximum Gasteiger partial charge on any atom is 0.317 e. The summed E-state index contributed by atoms with van der Waals surface area (Å²) in [6, 6.07) is 6.95. The molecule has 2 fully saturated rings. The quantitative estimate of drug-likeness (QED) is 0.114. The third-order valence-corrected chi connectivity index (χ3v) is 9.28. The van der Waals surface area contributed by atoms with Crippen molar-refractivity contribution in [3.8, 4) is 5.75 Å². The zero-order valence-corrected chi connectivity index (χ0v) is 29.9. The molecule has 0 saturated carbocycles. The van der Waals surface area contributed by atoms with Gasteiger partial charge in [-0.2, -0.15) is 0 Å². The summed E-state index contributed by atoms with van der Waals surface area (Å²) in [7, 11) is 0. The first-order valence-electron chi connectivity index (χ1n) is 17.8. The van der Waals surface area contributed by atoms with Crippen LogP contribution in [0.15, 0.2) is 30.5 Å². The maximum atomic E-state index is 13.5. The highest BCUT2D eigenvalue weighted by molar-refractivity contribution is 6.06. The minimum absolute atomic E-state index is 0.0488. The molecule has 4 N–H and O–H groups in total. The predicted molar refractivity (Wildman–Crippen MR) is 192 cm³/mol. The van der Waals surface area contributed by atoms with Gasteiger partial charge in [-0.1, -0.05) is 0 Å². The Balaban J connectivity index is 1.26. The average molecular weight is 743 g/mol. The lowest BCUT2D eigenvalue weighted by Crippen LogP contribution is -2.53. The van der Waals surface area contributed by atoms with Gasteiger partial charge in [0.2, 0.25) is 5.91 Å². The number of carbonyl (C=O) groups is 6. The summed E-state index contributed by atoms with van der Waals surface area (Å²) in [5.74, 6) is -2.83. The van der Waals surface area contributed by atoms with Crippen molar-refractivity contribution in [2.24, 2.45) is 0 Å². The van der Waals surface area contributed by atoms with E-state index in [0.717, 1.165) is 13.0 Å². The van der Waals surface area contributed by atoms with Gasteiger partial charge in [-0.3, -0.25) is 53.5 Å². The third-order valence-electron chi connectivity index (χ3n) is 9.28. The number of benzene rings is 1. The normalized spacial score (nSPS) is 17.8. The second-order valence-electron chi connectivity index (χ2n) is 13.1. The molecular formula is C35H50N8O10. The van der Waals surface area contributed by atoms with Gasteiger partial charge in [-0.05, 0) is 30.7 Å². The highest BCUT2D eigenvalue weighted by Gasteiger charge is 2.25. The predicted octanol–water partition coefficient (Wildman–Crippen LogP) is -1.45. The highest BCUT2D eigenvalue weighted by Crippen LogP contribution is 2.23. The highest BCUT2D eigenvalue weighted by atomic mass is 16.5. The van der Waals surface area contributed by atoms with Gasteiger partial charge in [-0.15, -0.1) is 0 Å². The van der Waals surface area contributed by atoms with Crippen molar-refractivity contribution in [3.05, 3.63) is 36.0 Å². The molecule has 1 aromatic heterocycles. The Hall–Kier alpha value is -4.75. The van der Waals surface area contributed by atoms with Crippen molar-refractivity contribution in [3.63, 3.8) is 0 Å². The molecule has 0 atom stereocenters. The van der Waals surface area contributed by atoms with Crippen molar-refractivity contribution >= 4 is 46.9 Å². The lowest BCUT2D eigenvalue weighted by molar-refractivity contribution is -0.141. The lowest BCUT2D eigenvalue weighted by Gasteiger charge is -2.37. The smallest absolute Gasteiger partial charge is 0.317 e. The van der Waals surface area contributed by atoms with Gasteiger partial charge < -0.3 is 35.1 Å². The van der Waals surface area contributed by atoms with Gasteiger partial charge in [-0.25, -0.2) is 0 Å². The summed E-state index contributed by atoms with van der Waals surface area (Å²) < 4.78 is 5.98. The second kappa shape index (κ2) is 21.1. The standard InChI is InChI=1S/C35H50N8O10/c44-20-6-37-35(52)28-4-5-36-30-3-2-27(22-29(28)30)53-21-1-7-38-16-18-43(19-17-38)31(45)23-39-8-10-40(24-32(46)47)12-14-42(26-34(50)51)15-13-41(11-9-39)25-33(48)49/h2-5,20,22H,1,6-19,21,23-26H2,(H,37,52)(H,46,47)(H,48,49)(H,50,51). The molecule has 4 rings (SSSR count). The zero-order valence-electron chi connectivity index (χ0n) is 29.9. The Morgan fingerprint density at radius 2 is 1.21 bits per heavy atom. The van der Waals surface area contributed by atoms with Crippen LogP contribution in [0.1, 0.15) is 16.8 Å². The van der Waals surface area contributed by atoms with E-state index in [1.165, 1.54) is 0 Å². The van der Waals surface area contributed by atoms with Crippen LogP contribution in [-0.2, 0) is 24.0 Å². The Morgan fingerprint density at radius 1 is 0.698 bits per heavy atom. The fourth-order valence-electron chi connectivity index (χ4n) is 6.42. The molecule has 1 aromatic carbocycles. The number of aldehydes is 1. The van der Waals surface area contributed by atoms with Crippen LogP contribution >= 0.6 is 0 Å². The minimum Gasteiger partial charge on any atom is -0.494 e. The van der Waals surface area contributed by atoms with E-state index < -0.39 is 17.9 Å². The molecule has 53 heavy (non-hydrogen) atoms. The van der Waals surface area contributed by atoms with E-state index in [9.17, 15) is 44.1 Å². The number of nitrogens with zero attached hydrogens (tertiary/aromatic N) is 7. The van der Waals surface area contributed by atoms with Crippen LogP contribution in [0, 0.1) is 0 Å². The lowest BCUT2D eigenvalue weighted by atomic mass is 10.1. The summed E-state index contributed by atoms with van der Waals surface area (Å²) in [5, 5.41) is 31.5. The number of hydrogen-bond donors (Lipinski definition) is 4. The molecule has 0 spiro atoms. The van der Waals surface area contributed by atoms with Gasteiger partial charge >= 0.3 is 17.9 Å². The zero-order chi connectivity index (χ0) is 38.2. The molecular weight excluding hydrogens is 692 g/mol. The number of carbonyl (C=O) groups excluding carboxylic acids is 3. The van der Waals surface area contributed by atoms with E-state index in [4.69, 9.17) is 4.74 Å². The topological polar surface area (TPSA) is 217 Å². The fraction of sp³-hybridized carbons (Fsp3) is 0.571. The molecule has 2 saturated heterocycles. The summed E-state index contributed by atoms with van der Waals surface area (Å²) in [5.41, 5.74) is 1.04. The van der Waals surface area contributed by atoms with E-state index in [2.05, 4.69) is 15.2 Å². The number of piperazine rings is 1. The van der Waals surface area contributed by atoms with Crippen LogP contribution in [0.25, 0.3) is 10.9 Å². The summed E-state index contributed by atoms with van der Waals surface area (Å²) in [6.07, 6.45) is 2.91. The largest absolute Gasteiger partial charge is 0.494 e. The maximum absolute atomic E-state index is 13.5. The monoisotopic (exact) mass is 742 g/mol. The number of amides is 2. The number of nitrogens with one attached hydrogen (secondary N) is 1. The van der Waals surface area contributed by atoms with E-state index in [-0.39, 0.29) is 44.5 Å². The van der Waals surface area contributed by atoms with Crippen molar-refractivity contribution in [2.45, 2.75) is 6.42 Å². The number of rotatable bonds is 16. The summed E-state index contributed by atoms with van der Waals surface area (Å²) in [6.45, 7) is 5.79. The van der Waals surface area contributed by atoms with Crippen molar-refractivity contribution in [1.29, 1.82) is 0 Å². The first kappa shape index (κ1) is 41.0. The van der Waals surface area contributed by atoms with Crippen molar-refractivity contribution in [2.75, 3.05) is 124 Å². The van der Waals surface area contributed by atoms with Gasteiger partial charge in [0, 0.05) is 96.7 Å². The molecule has 0 aliphatic carbocycles. The van der Waals surface area contributed by atoms with E-state index in [1.54, 1.807) is 45.2 Å². The molecule has 18 heteroatoms. The number of aliphatic carboxylic acids is 3. The van der Waals surface area contributed by atoms with E-state index in [1.807, 2.05) is 9.80 Å². The second-order valence-corrected chi connectivity index (χ2v) is 13.1. The molecule has 2 amide bonds. The molecule has 2 aliphatic rings. The van der Waals surface area contributed by atoms with Crippen LogP contribution < -0.4 is 10.1 Å². The molecule has 3 heterocycles. The Labute approximate surface area is 307 Å². The number of fused-ring (bicyclic) bond motifs is 1. The first-order valence-corrected chi connectivity index (χ1v) is 17.8. The molecule has 2 aromatic rings. The molecule has 0 radical (unpaired) electrons. The summed E-state index contributed by atoms with van der Waals surface area (Å²) >= 11 is 0. The average Bonchev–Trinajstić information content (AvgIpc) is 3.12. The van der Waals surface area contributed by atoms with Crippen LogP contribution in [0.2, 0.25) is 0 Å². The van der Waals surface area contributed by atoms with Crippen LogP contribution in [0.3, 0.4) is 0 Å². The van der Waals surface area contributed by atoms with Gasteiger partial charge in [0.15, 0.2) is 0 Å². The van der Waals surface area contributed by atoms with Gasteiger partial charge in [0.1, 0.15) is 12.0 Å². The minimum atomic E-state index is -1.02. The van der Waals surface area contributed by atoms with Gasteiger partial charge in [0.05, 0.1) is 50.4 Å². The SMILES string of the molecule is O=CCNC(=O)c1ccnc2ccc(OCCCN3CCN(C(=O)CN4CCN(CC(=O)O)CCN(CC(=O)O)CCN(CC(=O)O)CC4)CC3)cc12. The number of hydrogen-bond acceptors (Lipinski definition) is 13. The first-order chi connectivity index (χ1) is 25.5. The molecule has 0 unspecified atom stereocenters. The number of pyridine rings is 1. The van der Waals surface area contributed by atoms with Crippen LogP contribution in [0.5, 0.6) is 5.75 Å². The molecule has 18 nitrogen and oxygen atoms in total. The number of ether oxygens (including phenoxy) is 1. The Morgan fingerprint density at radius 3 is 1.72 bits per heavy atom. The molecule has 290 valence electrons. The summed E-state index contributed by atoms with van der Waals surface area (Å²) in [4.78, 5) is 86.7.